The molecule has 2 aromatic rings. The number of methoxy groups -OCH3 is 2. The van der Waals surface area contributed by atoms with Crippen LogP contribution in [0, 0.1) is 0 Å². The number of carbonyl (C=O) groups is 1. The van der Waals surface area contributed by atoms with Gasteiger partial charge in [0.1, 0.15) is 17.8 Å². The number of aromatic nitrogens is 3. The van der Waals surface area contributed by atoms with Gasteiger partial charge in [-0.15, -0.1) is 10.2 Å². The summed E-state index contributed by atoms with van der Waals surface area (Å²) in [5.41, 5.74) is 0.818. The highest BCUT2D eigenvalue weighted by Crippen LogP contribution is 2.25. The molecule has 0 bridgehead atoms. The van der Waals surface area contributed by atoms with Crippen molar-refractivity contribution < 1.29 is 14.3 Å². The number of nitrogens with zero attached hydrogens (tertiary/aromatic N) is 4. The predicted octanol–water partition coefficient (Wildman–Crippen LogP) is 0.880. The van der Waals surface area contributed by atoms with Crippen molar-refractivity contribution in [1.29, 1.82) is 0 Å². The van der Waals surface area contributed by atoms with Crippen molar-refractivity contribution in [3.63, 3.8) is 0 Å². The van der Waals surface area contributed by atoms with E-state index in [4.69, 9.17) is 9.47 Å². The molecule has 1 aliphatic heterocycles. The molecule has 1 aromatic carbocycles. The lowest BCUT2D eigenvalue weighted by molar-refractivity contribution is -0.132. The van der Waals surface area contributed by atoms with Crippen LogP contribution < -0.4 is 9.47 Å². The summed E-state index contributed by atoms with van der Waals surface area (Å²) in [6, 6.07) is 5.47. The van der Waals surface area contributed by atoms with Gasteiger partial charge in [-0.3, -0.25) is 4.79 Å². The lowest BCUT2D eigenvalue weighted by atomic mass is 10.1. The molecule has 0 radical (unpaired) electrons. The molecule has 0 aliphatic carbocycles. The van der Waals surface area contributed by atoms with Gasteiger partial charge in [-0.05, 0) is 18.2 Å². The topological polar surface area (TPSA) is 69.5 Å². The van der Waals surface area contributed by atoms with Gasteiger partial charge in [0.25, 0.3) is 0 Å². The van der Waals surface area contributed by atoms with Crippen LogP contribution in [-0.4, -0.2) is 46.3 Å². The fraction of sp³-hybridized carbons (Fsp3) is 0.400. The standard InChI is InChI=1S/C15H18N4O3/c1-21-12-3-4-13(22-2)11(7-12)8-15(20)18-5-6-19-10-16-17-14(19)9-18/h3-4,7,10H,5-6,8-9H2,1-2H3. The number of fused-ring (bicyclic) bond motifs is 1. The highest BCUT2D eigenvalue weighted by Gasteiger charge is 2.22. The Hall–Kier alpha value is -2.57. The molecule has 22 heavy (non-hydrogen) atoms. The Morgan fingerprint density at radius 2 is 2.14 bits per heavy atom. The molecule has 1 aromatic heterocycles. The molecule has 0 fully saturated rings. The second kappa shape index (κ2) is 6.05. The molecule has 7 heteroatoms. The second-order valence-corrected chi connectivity index (χ2v) is 5.11. The Labute approximate surface area is 128 Å². The third-order valence-corrected chi connectivity index (χ3v) is 3.82. The summed E-state index contributed by atoms with van der Waals surface area (Å²) in [5, 5.41) is 7.90. The maximum atomic E-state index is 12.5. The van der Waals surface area contributed by atoms with Crippen LogP contribution >= 0.6 is 0 Å². The van der Waals surface area contributed by atoms with Crippen molar-refractivity contribution in [2.75, 3.05) is 20.8 Å². The van der Waals surface area contributed by atoms with E-state index in [1.807, 2.05) is 22.8 Å². The minimum Gasteiger partial charge on any atom is -0.497 e. The van der Waals surface area contributed by atoms with Gasteiger partial charge >= 0.3 is 0 Å². The highest BCUT2D eigenvalue weighted by atomic mass is 16.5. The molecule has 3 rings (SSSR count). The molecular formula is C15H18N4O3. The number of hydrogen-bond acceptors (Lipinski definition) is 5. The summed E-state index contributed by atoms with van der Waals surface area (Å²) >= 11 is 0. The van der Waals surface area contributed by atoms with Gasteiger partial charge in [0.2, 0.25) is 5.91 Å². The van der Waals surface area contributed by atoms with Crippen molar-refractivity contribution in [2.45, 2.75) is 19.5 Å². The molecule has 0 N–H and O–H groups in total. The molecular weight excluding hydrogens is 284 g/mol. The minimum absolute atomic E-state index is 0.0424. The molecule has 0 saturated heterocycles. The van der Waals surface area contributed by atoms with E-state index in [-0.39, 0.29) is 12.3 Å². The maximum absolute atomic E-state index is 12.5. The van der Waals surface area contributed by atoms with Crippen LogP contribution in [0.5, 0.6) is 11.5 Å². The zero-order valence-corrected chi connectivity index (χ0v) is 12.7. The summed E-state index contributed by atoms with van der Waals surface area (Å²) in [6.45, 7) is 1.88. The van der Waals surface area contributed by atoms with Crippen LogP contribution in [0.4, 0.5) is 0 Å². The van der Waals surface area contributed by atoms with Gasteiger partial charge in [-0.25, -0.2) is 0 Å². The zero-order chi connectivity index (χ0) is 15.5. The molecule has 1 aliphatic rings. The van der Waals surface area contributed by atoms with Gasteiger partial charge in [-0.2, -0.15) is 0 Å². The van der Waals surface area contributed by atoms with Crippen LogP contribution in [0.1, 0.15) is 11.4 Å². The van der Waals surface area contributed by atoms with Crippen LogP contribution in [0.2, 0.25) is 0 Å². The number of ether oxygens (including phenoxy) is 2. The van der Waals surface area contributed by atoms with Gasteiger partial charge in [0, 0.05) is 18.7 Å². The molecule has 7 nitrogen and oxygen atoms in total. The van der Waals surface area contributed by atoms with E-state index in [1.54, 1.807) is 25.4 Å². The molecule has 116 valence electrons. The van der Waals surface area contributed by atoms with Gasteiger partial charge < -0.3 is 18.9 Å². The monoisotopic (exact) mass is 302 g/mol. The van der Waals surface area contributed by atoms with Crippen LogP contribution in [-0.2, 0) is 24.3 Å². The number of benzene rings is 1. The summed E-state index contributed by atoms with van der Waals surface area (Å²) < 4.78 is 12.5. The fourth-order valence-electron chi connectivity index (χ4n) is 2.57. The second-order valence-electron chi connectivity index (χ2n) is 5.11. The third kappa shape index (κ3) is 2.74. The Kier molecular flexibility index (Phi) is 3.95. The Balaban J connectivity index is 1.74. The van der Waals surface area contributed by atoms with E-state index in [9.17, 15) is 4.79 Å². The van der Waals surface area contributed by atoms with Crippen molar-refractivity contribution in [2.24, 2.45) is 0 Å². The van der Waals surface area contributed by atoms with Gasteiger partial charge in [0.15, 0.2) is 5.82 Å². The Morgan fingerprint density at radius 1 is 1.27 bits per heavy atom. The van der Waals surface area contributed by atoms with Crippen molar-refractivity contribution >= 4 is 5.91 Å². The van der Waals surface area contributed by atoms with Crippen molar-refractivity contribution in [3.05, 3.63) is 35.9 Å². The smallest absolute Gasteiger partial charge is 0.227 e. The number of rotatable bonds is 4. The summed E-state index contributed by atoms with van der Waals surface area (Å²) in [4.78, 5) is 14.3. The van der Waals surface area contributed by atoms with Crippen molar-refractivity contribution in [1.82, 2.24) is 19.7 Å². The molecule has 2 heterocycles. The van der Waals surface area contributed by atoms with E-state index in [2.05, 4.69) is 10.2 Å². The van der Waals surface area contributed by atoms with E-state index in [0.717, 1.165) is 17.9 Å². The lowest BCUT2D eigenvalue weighted by Gasteiger charge is -2.27. The van der Waals surface area contributed by atoms with Crippen LogP contribution in [0.25, 0.3) is 0 Å². The summed E-state index contributed by atoms with van der Waals surface area (Å²) in [5.74, 6) is 2.26. The molecule has 1 amide bonds. The quantitative estimate of drug-likeness (QED) is 0.838. The summed E-state index contributed by atoms with van der Waals surface area (Å²) in [7, 11) is 3.20. The Morgan fingerprint density at radius 3 is 2.91 bits per heavy atom. The van der Waals surface area contributed by atoms with E-state index in [1.165, 1.54) is 0 Å². The van der Waals surface area contributed by atoms with Crippen molar-refractivity contribution in [3.8, 4) is 11.5 Å². The molecule has 0 unspecified atom stereocenters. The number of carbonyl (C=O) groups excluding carboxylic acids is 1. The van der Waals surface area contributed by atoms with Crippen LogP contribution in [0.15, 0.2) is 24.5 Å². The third-order valence-electron chi connectivity index (χ3n) is 3.82. The Bertz CT molecular complexity index is 683. The lowest BCUT2D eigenvalue weighted by Crippen LogP contribution is -2.39. The first kappa shape index (κ1) is 14.4. The van der Waals surface area contributed by atoms with E-state index >= 15 is 0 Å². The van der Waals surface area contributed by atoms with Gasteiger partial charge in [-0.1, -0.05) is 0 Å². The fourth-order valence-corrected chi connectivity index (χ4v) is 2.57. The average molecular weight is 302 g/mol. The van der Waals surface area contributed by atoms with Crippen LogP contribution in [0.3, 0.4) is 0 Å². The molecule has 0 saturated carbocycles. The normalized spacial score (nSPS) is 13.6. The first-order valence-corrected chi connectivity index (χ1v) is 7.06. The molecule has 0 atom stereocenters. The molecule has 0 spiro atoms. The number of amides is 1. The first-order valence-electron chi connectivity index (χ1n) is 7.06. The number of hydrogen-bond donors (Lipinski definition) is 0. The first-order chi connectivity index (χ1) is 10.7. The zero-order valence-electron chi connectivity index (χ0n) is 12.7. The average Bonchev–Trinajstić information content (AvgIpc) is 3.02. The predicted molar refractivity (Wildman–Crippen MR) is 78.7 cm³/mol. The highest BCUT2D eigenvalue weighted by molar-refractivity contribution is 5.79. The van der Waals surface area contributed by atoms with Gasteiger partial charge in [0.05, 0.1) is 27.2 Å². The largest absolute Gasteiger partial charge is 0.497 e. The minimum atomic E-state index is 0.0424. The van der Waals surface area contributed by atoms with E-state index < -0.39 is 0 Å². The summed E-state index contributed by atoms with van der Waals surface area (Å²) in [6.07, 6.45) is 1.97. The van der Waals surface area contributed by atoms with E-state index in [0.29, 0.717) is 24.6 Å². The SMILES string of the molecule is COc1ccc(OC)c(CC(=O)N2CCn3cnnc3C2)c1. The maximum Gasteiger partial charge on any atom is 0.227 e.